The van der Waals surface area contributed by atoms with E-state index in [4.69, 9.17) is 11.6 Å². The summed E-state index contributed by atoms with van der Waals surface area (Å²) in [6.45, 7) is 5.61. The highest BCUT2D eigenvalue weighted by Crippen LogP contribution is 2.26. The second kappa shape index (κ2) is 8.67. The molecule has 2 amide bonds. The zero-order valence-electron chi connectivity index (χ0n) is 14.8. The fraction of sp³-hybridized carbons (Fsp3) is 0.300. The first kappa shape index (κ1) is 19.0. The van der Waals surface area contributed by atoms with Crippen LogP contribution >= 0.6 is 11.6 Å². The minimum Gasteiger partial charge on any atom is -0.350 e. The van der Waals surface area contributed by atoms with Crippen LogP contribution in [-0.4, -0.2) is 18.4 Å². The van der Waals surface area contributed by atoms with Crippen molar-refractivity contribution in [3.05, 3.63) is 64.7 Å². The maximum Gasteiger partial charge on any atom is 0.223 e. The fourth-order valence-electron chi connectivity index (χ4n) is 2.69. The number of halogens is 1. The molecule has 1 unspecified atom stereocenters. The van der Waals surface area contributed by atoms with Gasteiger partial charge in [-0.15, -0.1) is 0 Å². The lowest BCUT2D eigenvalue weighted by molar-refractivity contribution is -0.121. The van der Waals surface area contributed by atoms with Gasteiger partial charge in [0.2, 0.25) is 11.8 Å². The lowest BCUT2D eigenvalue weighted by Gasteiger charge is -2.24. The van der Waals surface area contributed by atoms with E-state index in [0.29, 0.717) is 11.6 Å². The van der Waals surface area contributed by atoms with E-state index in [2.05, 4.69) is 5.32 Å². The first-order valence-electron chi connectivity index (χ1n) is 8.27. The molecule has 0 aromatic heterocycles. The van der Waals surface area contributed by atoms with E-state index in [0.717, 1.165) is 16.8 Å². The smallest absolute Gasteiger partial charge is 0.223 e. The maximum atomic E-state index is 12.3. The van der Waals surface area contributed by atoms with Gasteiger partial charge in [0, 0.05) is 30.6 Å². The Morgan fingerprint density at radius 1 is 1.12 bits per heavy atom. The van der Waals surface area contributed by atoms with E-state index in [1.54, 1.807) is 17.0 Å². The van der Waals surface area contributed by atoms with E-state index < -0.39 is 0 Å². The molecule has 5 heteroatoms. The average Bonchev–Trinajstić information content (AvgIpc) is 2.59. The van der Waals surface area contributed by atoms with Crippen LogP contribution in [0.2, 0.25) is 5.02 Å². The van der Waals surface area contributed by atoms with Crippen molar-refractivity contribution in [2.24, 2.45) is 0 Å². The molecule has 1 N–H and O–H groups in total. The van der Waals surface area contributed by atoms with Gasteiger partial charge in [0.15, 0.2) is 0 Å². The van der Waals surface area contributed by atoms with Crippen molar-refractivity contribution in [2.45, 2.75) is 33.2 Å². The molecule has 132 valence electrons. The molecule has 0 saturated heterocycles. The van der Waals surface area contributed by atoms with Gasteiger partial charge in [-0.2, -0.15) is 0 Å². The number of hydrogen-bond acceptors (Lipinski definition) is 2. The van der Waals surface area contributed by atoms with Gasteiger partial charge < -0.3 is 10.2 Å². The third-order valence-corrected chi connectivity index (χ3v) is 4.56. The highest BCUT2D eigenvalue weighted by atomic mass is 35.5. The molecular weight excluding hydrogens is 336 g/mol. The molecule has 0 heterocycles. The predicted octanol–water partition coefficient (Wildman–Crippen LogP) is 4.27. The summed E-state index contributed by atoms with van der Waals surface area (Å²) in [5.41, 5.74) is 2.62. The van der Waals surface area contributed by atoms with Crippen LogP contribution in [0.5, 0.6) is 0 Å². The third-order valence-electron chi connectivity index (χ3n) is 4.15. The number of nitrogens with zero attached hydrogens (tertiary/aromatic N) is 1. The van der Waals surface area contributed by atoms with E-state index >= 15 is 0 Å². The number of rotatable bonds is 6. The fourth-order valence-corrected chi connectivity index (χ4v) is 2.86. The van der Waals surface area contributed by atoms with E-state index in [-0.39, 0.29) is 24.3 Å². The molecule has 2 aromatic rings. The largest absolute Gasteiger partial charge is 0.350 e. The molecule has 0 aliphatic heterocycles. The van der Waals surface area contributed by atoms with Crippen LogP contribution in [-0.2, 0) is 9.59 Å². The summed E-state index contributed by atoms with van der Waals surface area (Å²) in [6.07, 6.45) is 0.225. The summed E-state index contributed by atoms with van der Waals surface area (Å²) < 4.78 is 0. The molecule has 2 aromatic carbocycles. The molecular formula is C20H23ClN2O2. The molecule has 0 aliphatic carbocycles. The highest BCUT2D eigenvalue weighted by Gasteiger charge is 2.17. The number of carbonyl (C=O) groups is 2. The molecule has 2 rings (SSSR count). The Morgan fingerprint density at radius 2 is 1.80 bits per heavy atom. The Kier molecular flexibility index (Phi) is 6.59. The third kappa shape index (κ3) is 5.07. The lowest BCUT2D eigenvalue weighted by Crippen LogP contribution is -2.35. The van der Waals surface area contributed by atoms with E-state index in [1.165, 1.54) is 6.92 Å². The Morgan fingerprint density at radius 3 is 2.44 bits per heavy atom. The minimum absolute atomic E-state index is 0.0765. The number of anilines is 1. The minimum atomic E-state index is -0.116. The van der Waals surface area contributed by atoms with Crippen molar-refractivity contribution in [3.8, 4) is 0 Å². The van der Waals surface area contributed by atoms with Crippen molar-refractivity contribution in [1.82, 2.24) is 5.32 Å². The lowest BCUT2D eigenvalue weighted by atomic mass is 10.1. The van der Waals surface area contributed by atoms with E-state index in [9.17, 15) is 9.59 Å². The molecule has 0 saturated carbocycles. The summed E-state index contributed by atoms with van der Waals surface area (Å²) in [5, 5.41) is 3.57. The normalized spacial score (nSPS) is 11.7. The van der Waals surface area contributed by atoms with Crippen molar-refractivity contribution in [3.63, 3.8) is 0 Å². The topological polar surface area (TPSA) is 49.4 Å². The summed E-state index contributed by atoms with van der Waals surface area (Å²) >= 11 is 6.14. The first-order chi connectivity index (χ1) is 11.9. The molecule has 4 nitrogen and oxygen atoms in total. The quantitative estimate of drug-likeness (QED) is 0.838. The monoisotopic (exact) mass is 358 g/mol. The van der Waals surface area contributed by atoms with Crippen LogP contribution in [0.1, 0.15) is 37.4 Å². The number of hydrogen-bond donors (Lipinski definition) is 1. The van der Waals surface area contributed by atoms with Gasteiger partial charge in [0.05, 0.1) is 6.04 Å². The summed E-state index contributed by atoms with van der Waals surface area (Å²) in [6, 6.07) is 15.1. The zero-order chi connectivity index (χ0) is 18.4. The number of benzene rings is 2. The predicted molar refractivity (Wildman–Crippen MR) is 102 cm³/mol. The van der Waals surface area contributed by atoms with Gasteiger partial charge in [0.25, 0.3) is 0 Å². The van der Waals surface area contributed by atoms with E-state index in [1.807, 2.05) is 50.2 Å². The van der Waals surface area contributed by atoms with Crippen LogP contribution in [0.3, 0.4) is 0 Å². The van der Waals surface area contributed by atoms with Gasteiger partial charge in [-0.05, 0) is 37.1 Å². The second-order valence-electron chi connectivity index (χ2n) is 6.00. The summed E-state index contributed by atoms with van der Waals surface area (Å²) in [5.74, 6) is -0.212. The standard InChI is InChI=1S/C20H23ClN2O2/c1-14-18(21)10-7-11-19(14)23(16(3)24)13-12-20(25)22-15(2)17-8-5-4-6-9-17/h4-11,15H,12-13H2,1-3H3,(H,22,25). The second-order valence-corrected chi connectivity index (χ2v) is 6.41. The molecule has 0 spiro atoms. The van der Waals surface area contributed by atoms with Crippen molar-refractivity contribution < 1.29 is 9.59 Å². The summed E-state index contributed by atoms with van der Waals surface area (Å²) in [4.78, 5) is 25.9. The highest BCUT2D eigenvalue weighted by molar-refractivity contribution is 6.31. The molecule has 0 aliphatic rings. The van der Waals surface area contributed by atoms with Gasteiger partial charge >= 0.3 is 0 Å². The molecule has 0 radical (unpaired) electrons. The maximum absolute atomic E-state index is 12.3. The van der Waals surface area contributed by atoms with Gasteiger partial charge in [-0.1, -0.05) is 48.0 Å². The van der Waals surface area contributed by atoms with Crippen LogP contribution < -0.4 is 10.2 Å². The summed E-state index contributed by atoms with van der Waals surface area (Å²) in [7, 11) is 0. The molecule has 25 heavy (non-hydrogen) atoms. The first-order valence-corrected chi connectivity index (χ1v) is 8.65. The molecule has 0 bridgehead atoms. The van der Waals surface area contributed by atoms with Crippen molar-refractivity contribution in [1.29, 1.82) is 0 Å². The SMILES string of the molecule is CC(=O)N(CCC(=O)NC(C)c1ccccc1)c1cccc(Cl)c1C. The number of carbonyl (C=O) groups excluding carboxylic acids is 2. The van der Waals surface area contributed by atoms with Gasteiger partial charge in [-0.25, -0.2) is 0 Å². The number of amides is 2. The van der Waals surface area contributed by atoms with Gasteiger partial charge in [0.1, 0.15) is 0 Å². The van der Waals surface area contributed by atoms with Crippen LogP contribution in [0.4, 0.5) is 5.69 Å². The Labute approximate surface area is 153 Å². The molecule has 0 fully saturated rings. The van der Waals surface area contributed by atoms with Crippen LogP contribution in [0.15, 0.2) is 48.5 Å². The Balaban J connectivity index is 2.00. The number of nitrogens with one attached hydrogen (secondary N) is 1. The van der Waals surface area contributed by atoms with Crippen LogP contribution in [0, 0.1) is 6.92 Å². The Hall–Kier alpha value is -2.33. The average molecular weight is 359 g/mol. The van der Waals surface area contributed by atoms with Crippen LogP contribution in [0.25, 0.3) is 0 Å². The van der Waals surface area contributed by atoms with Crippen molar-refractivity contribution in [2.75, 3.05) is 11.4 Å². The molecule has 1 atom stereocenters. The van der Waals surface area contributed by atoms with Gasteiger partial charge in [-0.3, -0.25) is 9.59 Å². The Bertz CT molecular complexity index is 747. The van der Waals surface area contributed by atoms with Crippen molar-refractivity contribution >= 4 is 29.1 Å². The zero-order valence-corrected chi connectivity index (χ0v) is 15.5.